The Balaban J connectivity index is 1.48. The van der Waals surface area contributed by atoms with Gasteiger partial charge >= 0.3 is 0 Å². The average molecular weight is 429 g/mol. The third-order valence-electron chi connectivity index (χ3n) is 6.08. The van der Waals surface area contributed by atoms with Crippen molar-refractivity contribution in [2.45, 2.75) is 64.5 Å². The Kier molecular flexibility index (Phi) is 7.33. The van der Waals surface area contributed by atoms with Gasteiger partial charge in [0.05, 0.1) is 6.54 Å². The summed E-state index contributed by atoms with van der Waals surface area (Å²) >= 11 is 1.64. The van der Waals surface area contributed by atoms with Crippen molar-refractivity contribution in [2.24, 2.45) is 0 Å². The van der Waals surface area contributed by atoms with Gasteiger partial charge in [0.2, 0.25) is 5.91 Å². The molecule has 0 radical (unpaired) electrons. The molecule has 0 aliphatic carbocycles. The Bertz CT molecular complexity index is 840. The second kappa shape index (κ2) is 10.4. The second-order valence-corrected chi connectivity index (χ2v) is 9.63. The number of piperidine rings is 1. The van der Waals surface area contributed by atoms with Gasteiger partial charge in [-0.1, -0.05) is 12.1 Å². The van der Waals surface area contributed by atoms with Crippen LogP contribution in [0.3, 0.4) is 0 Å². The predicted octanol–water partition coefficient (Wildman–Crippen LogP) is 3.84. The van der Waals surface area contributed by atoms with Crippen LogP contribution in [-0.2, 0) is 17.8 Å². The van der Waals surface area contributed by atoms with Crippen LogP contribution >= 0.6 is 11.3 Å². The number of benzene rings is 1. The zero-order valence-corrected chi connectivity index (χ0v) is 18.7. The highest BCUT2D eigenvalue weighted by molar-refractivity contribution is 7.11. The molecule has 162 valence electrons. The van der Waals surface area contributed by atoms with E-state index in [-0.39, 0.29) is 0 Å². The highest BCUT2D eigenvalue weighted by Crippen LogP contribution is 2.24. The number of amides is 1. The number of hydrogen-bond donors (Lipinski definition) is 0. The van der Waals surface area contributed by atoms with E-state index in [1.807, 2.05) is 13.0 Å². The number of aromatic nitrogens is 2. The first-order valence-corrected chi connectivity index (χ1v) is 12.0. The second-order valence-electron chi connectivity index (χ2n) is 8.37. The molecule has 4 rings (SSSR count). The molecule has 2 aliphatic rings. The van der Waals surface area contributed by atoms with E-state index in [1.54, 1.807) is 11.3 Å². The van der Waals surface area contributed by atoms with Gasteiger partial charge in [0.15, 0.2) is 0 Å². The molecule has 6 nitrogen and oxygen atoms in total. The van der Waals surface area contributed by atoms with Crippen molar-refractivity contribution < 1.29 is 9.53 Å². The van der Waals surface area contributed by atoms with Gasteiger partial charge in [0.1, 0.15) is 22.4 Å². The summed E-state index contributed by atoms with van der Waals surface area (Å²) in [5, 5.41) is 10.4. The van der Waals surface area contributed by atoms with E-state index in [1.165, 1.54) is 12.0 Å². The van der Waals surface area contributed by atoms with E-state index in [4.69, 9.17) is 4.74 Å². The Morgan fingerprint density at radius 2 is 2.03 bits per heavy atom. The van der Waals surface area contributed by atoms with Crippen molar-refractivity contribution in [3.05, 3.63) is 39.8 Å². The van der Waals surface area contributed by atoms with Crippen LogP contribution in [0.15, 0.2) is 24.3 Å². The summed E-state index contributed by atoms with van der Waals surface area (Å²) in [4.78, 5) is 17.5. The molecule has 1 atom stereocenters. The molecule has 1 amide bonds. The van der Waals surface area contributed by atoms with Crippen molar-refractivity contribution in [3.63, 3.8) is 0 Å². The first kappa shape index (κ1) is 21.2. The average Bonchev–Trinajstić information content (AvgIpc) is 3.16. The van der Waals surface area contributed by atoms with Crippen LogP contribution in [0, 0.1) is 6.92 Å². The summed E-state index contributed by atoms with van der Waals surface area (Å²) in [6.07, 6.45) is 7.02. The normalized spacial score (nSPS) is 22.0. The largest absolute Gasteiger partial charge is 0.492 e. The highest BCUT2D eigenvalue weighted by atomic mass is 32.1. The number of hydrogen-bond acceptors (Lipinski definition) is 6. The molecule has 0 N–H and O–H groups in total. The van der Waals surface area contributed by atoms with Gasteiger partial charge in [-0.15, -0.1) is 21.5 Å². The van der Waals surface area contributed by atoms with Gasteiger partial charge in [0, 0.05) is 25.6 Å². The number of aryl methyl sites for hydroxylation is 2. The van der Waals surface area contributed by atoms with Crippen LogP contribution in [0.2, 0.25) is 0 Å². The lowest BCUT2D eigenvalue weighted by atomic mass is 9.95. The van der Waals surface area contributed by atoms with E-state index in [0.29, 0.717) is 25.0 Å². The summed E-state index contributed by atoms with van der Waals surface area (Å²) < 4.78 is 6.07. The fourth-order valence-electron chi connectivity index (χ4n) is 4.51. The smallest absolute Gasteiger partial charge is 0.222 e. The van der Waals surface area contributed by atoms with Crippen molar-refractivity contribution in [2.75, 3.05) is 26.2 Å². The highest BCUT2D eigenvalue weighted by Gasteiger charge is 2.26. The molecular formula is C23H32N4O2S. The maximum atomic E-state index is 13.0. The Labute approximate surface area is 183 Å². The Morgan fingerprint density at radius 1 is 1.10 bits per heavy atom. The lowest BCUT2D eigenvalue weighted by molar-refractivity contribution is -0.135. The fraction of sp³-hybridized carbons (Fsp3) is 0.609. The lowest BCUT2D eigenvalue weighted by Gasteiger charge is -2.36. The Hall–Kier alpha value is -1.99. The number of ether oxygens (including phenoxy) is 1. The van der Waals surface area contributed by atoms with Gasteiger partial charge in [-0.3, -0.25) is 9.69 Å². The minimum Gasteiger partial charge on any atom is -0.492 e. The van der Waals surface area contributed by atoms with E-state index in [0.717, 1.165) is 74.0 Å². The molecule has 2 aromatic rings. The fourth-order valence-corrected chi connectivity index (χ4v) is 5.26. The molecule has 0 spiro atoms. The standard InChI is InChI=1S/C23H32N4O2S/c1-18-24-25-22(30-18)17-26-12-5-9-23(28)27-13-3-2-7-20(27)11-10-19-6-4-8-21(16-19)29-15-14-26/h4,6,8,16,20H,2-3,5,7,9-15,17H2,1H3. The molecule has 2 aliphatic heterocycles. The number of carbonyl (C=O) groups is 1. The van der Waals surface area contributed by atoms with Gasteiger partial charge in [-0.05, 0) is 69.7 Å². The minimum atomic E-state index is 0.325. The number of rotatable bonds is 2. The predicted molar refractivity (Wildman–Crippen MR) is 119 cm³/mol. The first-order valence-electron chi connectivity index (χ1n) is 11.2. The molecule has 30 heavy (non-hydrogen) atoms. The quantitative estimate of drug-likeness (QED) is 0.727. The van der Waals surface area contributed by atoms with Crippen LogP contribution in [0.5, 0.6) is 5.75 Å². The van der Waals surface area contributed by atoms with Crippen molar-refractivity contribution in [1.82, 2.24) is 20.0 Å². The monoisotopic (exact) mass is 428 g/mol. The van der Waals surface area contributed by atoms with Crippen molar-refractivity contribution in [1.29, 1.82) is 0 Å². The van der Waals surface area contributed by atoms with Crippen LogP contribution in [-0.4, -0.2) is 58.2 Å². The molecular weight excluding hydrogens is 396 g/mol. The maximum absolute atomic E-state index is 13.0. The zero-order valence-electron chi connectivity index (χ0n) is 17.9. The van der Waals surface area contributed by atoms with Crippen LogP contribution in [0.25, 0.3) is 0 Å². The topological polar surface area (TPSA) is 58.6 Å². The molecule has 0 saturated carbocycles. The van der Waals surface area contributed by atoms with Crippen LogP contribution in [0.1, 0.15) is 54.1 Å². The SMILES string of the molecule is Cc1nnc(CN2CCCC(=O)N3CCCCC3CCc3cccc(c3)OCC2)s1. The minimum absolute atomic E-state index is 0.325. The molecule has 1 unspecified atom stereocenters. The number of fused-ring (bicyclic) bond motifs is 3. The summed E-state index contributed by atoms with van der Waals surface area (Å²) in [7, 11) is 0. The van der Waals surface area contributed by atoms with E-state index in [2.05, 4.69) is 38.2 Å². The van der Waals surface area contributed by atoms with Crippen molar-refractivity contribution in [3.8, 4) is 5.75 Å². The van der Waals surface area contributed by atoms with Gasteiger partial charge in [0.25, 0.3) is 0 Å². The summed E-state index contributed by atoms with van der Waals surface area (Å²) in [6, 6.07) is 8.82. The van der Waals surface area contributed by atoms with Gasteiger partial charge in [-0.25, -0.2) is 0 Å². The van der Waals surface area contributed by atoms with Gasteiger partial charge in [-0.2, -0.15) is 0 Å². The summed E-state index contributed by atoms with van der Waals surface area (Å²) in [6.45, 7) is 5.96. The summed E-state index contributed by atoms with van der Waals surface area (Å²) in [5.41, 5.74) is 1.29. The molecule has 1 aromatic heterocycles. The maximum Gasteiger partial charge on any atom is 0.222 e. The first-order chi connectivity index (χ1) is 14.7. The van der Waals surface area contributed by atoms with Crippen LogP contribution in [0.4, 0.5) is 0 Å². The van der Waals surface area contributed by atoms with E-state index < -0.39 is 0 Å². The molecule has 3 heterocycles. The third-order valence-corrected chi connectivity index (χ3v) is 6.90. The molecule has 1 saturated heterocycles. The third kappa shape index (κ3) is 5.79. The molecule has 7 heteroatoms. The van der Waals surface area contributed by atoms with E-state index >= 15 is 0 Å². The molecule has 2 bridgehead atoms. The summed E-state index contributed by atoms with van der Waals surface area (Å²) in [5.74, 6) is 1.26. The lowest BCUT2D eigenvalue weighted by Crippen LogP contribution is -2.44. The van der Waals surface area contributed by atoms with Gasteiger partial charge < -0.3 is 9.64 Å². The Morgan fingerprint density at radius 3 is 2.90 bits per heavy atom. The molecule has 1 fully saturated rings. The molecule has 1 aromatic carbocycles. The van der Waals surface area contributed by atoms with Crippen molar-refractivity contribution >= 4 is 17.2 Å². The zero-order chi connectivity index (χ0) is 20.8. The number of nitrogens with zero attached hydrogens (tertiary/aromatic N) is 4. The van der Waals surface area contributed by atoms with E-state index in [9.17, 15) is 4.79 Å². The van der Waals surface area contributed by atoms with Crippen LogP contribution < -0.4 is 4.74 Å². The number of carbonyl (C=O) groups excluding carboxylic acids is 1.